The number of nitrogens with one attached hydrogen (secondary N) is 2. The Morgan fingerprint density at radius 2 is 1.96 bits per heavy atom. The van der Waals surface area contributed by atoms with E-state index in [1.165, 1.54) is 13.0 Å². The van der Waals surface area contributed by atoms with Gasteiger partial charge in [-0.25, -0.2) is 8.42 Å². The van der Waals surface area contributed by atoms with E-state index in [2.05, 4.69) is 15.0 Å². The Bertz CT molecular complexity index is 776. The maximum absolute atomic E-state index is 12.3. The van der Waals surface area contributed by atoms with Gasteiger partial charge in [-0.1, -0.05) is 24.3 Å². The molecule has 0 radical (unpaired) electrons. The first-order chi connectivity index (χ1) is 10.9. The molecule has 0 aliphatic rings. The number of pyridine rings is 1. The number of nitrogens with zero attached hydrogens (tertiary/aromatic N) is 1. The Labute approximate surface area is 136 Å². The van der Waals surface area contributed by atoms with Gasteiger partial charge in [0.2, 0.25) is 15.9 Å². The van der Waals surface area contributed by atoms with Gasteiger partial charge in [0.15, 0.2) is 0 Å². The molecule has 0 saturated heterocycles. The summed E-state index contributed by atoms with van der Waals surface area (Å²) in [7, 11) is -3.74. The molecule has 6 nitrogen and oxygen atoms in total. The minimum atomic E-state index is -3.74. The van der Waals surface area contributed by atoms with Gasteiger partial charge in [0.1, 0.15) is 0 Å². The second-order valence-corrected chi connectivity index (χ2v) is 6.87. The first-order valence-electron chi connectivity index (χ1n) is 7.15. The normalized spacial score (nSPS) is 12.6. The van der Waals surface area contributed by atoms with E-state index in [0.717, 1.165) is 5.56 Å². The van der Waals surface area contributed by atoms with Crippen molar-refractivity contribution in [2.75, 3.05) is 0 Å². The number of sulfonamides is 1. The minimum absolute atomic E-state index is 0.173. The van der Waals surface area contributed by atoms with Gasteiger partial charge >= 0.3 is 0 Å². The first kappa shape index (κ1) is 17.1. The molecule has 1 atom stereocenters. The van der Waals surface area contributed by atoms with Crippen LogP contribution in [0.2, 0.25) is 0 Å². The molecular formula is C16H19N3O3S. The first-order valence-corrected chi connectivity index (χ1v) is 8.63. The van der Waals surface area contributed by atoms with E-state index in [1.807, 2.05) is 6.07 Å². The van der Waals surface area contributed by atoms with Crippen LogP contribution in [0.5, 0.6) is 0 Å². The summed E-state index contributed by atoms with van der Waals surface area (Å²) in [6.45, 7) is 3.51. The molecule has 7 heteroatoms. The quantitative estimate of drug-likeness (QED) is 0.836. The molecule has 122 valence electrons. The van der Waals surface area contributed by atoms with Crippen LogP contribution in [0.25, 0.3) is 0 Å². The van der Waals surface area contributed by atoms with Crippen LogP contribution >= 0.6 is 0 Å². The smallest absolute Gasteiger partial charge is 0.241 e. The largest absolute Gasteiger partial charge is 0.351 e. The van der Waals surface area contributed by atoms with Crippen molar-refractivity contribution in [1.82, 2.24) is 15.0 Å². The average Bonchev–Trinajstić information content (AvgIpc) is 2.53. The summed E-state index contributed by atoms with van der Waals surface area (Å²) in [6, 6.07) is 9.35. The molecule has 0 fully saturated rings. The van der Waals surface area contributed by atoms with Gasteiger partial charge in [0, 0.05) is 18.9 Å². The van der Waals surface area contributed by atoms with E-state index >= 15 is 0 Å². The van der Waals surface area contributed by atoms with E-state index in [-0.39, 0.29) is 4.90 Å². The predicted octanol–water partition coefficient (Wildman–Crippen LogP) is 1.37. The Balaban J connectivity index is 1.99. The monoisotopic (exact) mass is 333 g/mol. The summed E-state index contributed by atoms with van der Waals surface area (Å²) in [5.74, 6) is -0.397. The van der Waals surface area contributed by atoms with Crippen LogP contribution in [0.1, 0.15) is 18.1 Å². The molecule has 23 heavy (non-hydrogen) atoms. The molecule has 0 unspecified atom stereocenters. The number of hydrogen-bond donors (Lipinski definition) is 2. The molecule has 0 bridgehead atoms. The van der Waals surface area contributed by atoms with Crippen molar-refractivity contribution in [3.05, 3.63) is 59.9 Å². The van der Waals surface area contributed by atoms with E-state index < -0.39 is 22.0 Å². The Morgan fingerprint density at radius 1 is 1.22 bits per heavy atom. The van der Waals surface area contributed by atoms with Gasteiger partial charge in [-0.05, 0) is 37.1 Å². The molecule has 2 N–H and O–H groups in total. The zero-order valence-corrected chi connectivity index (χ0v) is 13.8. The highest BCUT2D eigenvalue weighted by Crippen LogP contribution is 2.14. The number of benzene rings is 1. The van der Waals surface area contributed by atoms with Gasteiger partial charge in [-0.3, -0.25) is 9.78 Å². The molecule has 1 amide bonds. The molecule has 0 aliphatic heterocycles. The zero-order chi connectivity index (χ0) is 16.9. The summed E-state index contributed by atoms with van der Waals surface area (Å²) >= 11 is 0. The fraction of sp³-hybridized carbons (Fsp3) is 0.250. The number of carbonyl (C=O) groups is 1. The van der Waals surface area contributed by atoms with Crippen molar-refractivity contribution in [2.24, 2.45) is 0 Å². The topological polar surface area (TPSA) is 88.2 Å². The maximum Gasteiger partial charge on any atom is 0.241 e. The minimum Gasteiger partial charge on any atom is -0.351 e. The summed E-state index contributed by atoms with van der Waals surface area (Å²) < 4.78 is 27.1. The molecule has 1 aromatic heterocycles. The van der Waals surface area contributed by atoms with Crippen LogP contribution in [-0.2, 0) is 21.4 Å². The van der Waals surface area contributed by atoms with Gasteiger partial charge in [-0.15, -0.1) is 0 Å². The van der Waals surface area contributed by atoms with Crippen molar-refractivity contribution in [3.63, 3.8) is 0 Å². The fourth-order valence-electron chi connectivity index (χ4n) is 2.05. The van der Waals surface area contributed by atoms with Gasteiger partial charge in [0.25, 0.3) is 0 Å². The van der Waals surface area contributed by atoms with Crippen molar-refractivity contribution >= 4 is 15.9 Å². The highest BCUT2D eigenvalue weighted by Gasteiger charge is 2.22. The summed E-state index contributed by atoms with van der Waals surface area (Å²) in [6.07, 6.45) is 3.28. The summed E-state index contributed by atoms with van der Waals surface area (Å²) in [5.41, 5.74) is 1.47. The van der Waals surface area contributed by atoms with Crippen LogP contribution in [0.4, 0.5) is 0 Å². The molecule has 1 aromatic carbocycles. The van der Waals surface area contributed by atoms with E-state index in [9.17, 15) is 13.2 Å². The van der Waals surface area contributed by atoms with Gasteiger partial charge in [0.05, 0.1) is 10.9 Å². The second kappa shape index (κ2) is 7.34. The number of rotatable bonds is 6. The van der Waals surface area contributed by atoms with E-state index in [0.29, 0.717) is 12.1 Å². The number of aromatic nitrogens is 1. The third-order valence-electron chi connectivity index (χ3n) is 3.30. The van der Waals surface area contributed by atoms with E-state index in [1.54, 1.807) is 43.6 Å². The highest BCUT2D eigenvalue weighted by atomic mass is 32.2. The third kappa shape index (κ3) is 4.61. The van der Waals surface area contributed by atoms with Crippen molar-refractivity contribution in [2.45, 2.75) is 31.3 Å². The fourth-order valence-corrected chi connectivity index (χ4v) is 3.50. The Hall–Kier alpha value is -2.25. The summed E-state index contributed by atoms with van der Waals surface area (Å²) in [4.78, 5) is 16.2. The number of carbonyl (C=O) groups excluding carboxylic acids is 1. The lowest BCUT2D eigenvalue weighted by Gasteiger charge is -2.15. The zero-order valence-electron chi connectivity index (χ0n) is 13.0. The van der Waals surface area contributed by atoms with E-state index in [4.69, 9.17) is 0 Å². The van der Waals surface area contributed by atoms with Gasteiger partial charge in [-0.2, -0.15) is 4.72 Å². The van der Waals surface area contributed by atoms with Crippen LogP contribution in [0, 0.1) is 6.92 Å². The van der Waals surface area contributed by atoms with Crippen LogP contribution in [0.3, 0.4) is 0 Å². The number of aryl methyl sites for hydroxylation is 1. The Kier molecular flexibility index (Phi) is 5.46. The molecule has 2 aromatic rings. The van der Waals surface area contributed by atoms with Crippen LogP contribution in [-0.4, -0.2) is 25.4 Å². The van der Waals surface area contributed by atoms with Crippen LogP contribution < -0.4 is 10.0 Å². The molecule has 0 spiro atoms. The molecule has 0 saturated carbocycles. The van der Waals surface area contributed by atoms with Crippen LogP contribution in [0.15, 0.2) is 53.7 Å². The van der Waals surface area contributed by atoms with Crippen molar-refractivity contribution in [3.8, 4) is 0 Å². The molecular weight excluding hydrogens is 314 g/mol. The molecule has 2 rings (SSSR count). The SMILES string of the molecule is Cc1ccccc1S(=O)(=O)N[C@@H](C)C(=O)NCc1cccnc1. The number of hydrogen-bond acceptors (Lipinski definition) is 4. The number of amides is 1. The predicted molar refractivity (Wildman–Crippen MR) is 87.0 cm³/mol. The average molecular weight is 333 g/mol. The highest BCUT2D eigenvalue weighted by molar-refractivity contribution is 7.89. The maximum atomic E-state index is 12.3. The van der Waals surface area contributed by atoms with Crippen molar-refractivity contribution < 1.29 is 13.2 Å². The molecule has 0 aliphatic carbocycles. The lowest BCUT2D eigenvalue weighted by Crippen LogP contribution is -2.44. The third-order valence-corrected chi connectivity index (χ3v) is 5.00. The second-order valence-electron chi connectivity index (χ2n) is 5.19. The van der Waals surface area contributed by atoms with Crippen molar-refractivity contribution in [1.29, 1.82) is 0 Å². The standard InChI is InChI=1S/C16H19N3O3S/c1-12-6-3-4-8-15(12)23(21,22)19-13(2)16(20)18-11-14-7-5-9-17-10-14/h3-10,13,19H,11H2,1-2H3,(H,18,20)/t13-/m0/s1. The lowest BCUT2D eigenvalue weighted by atomic mass is 10.2. The Morgan fingerprint density at radius 3 is 2.61 bits per heavy atom. The lowest BCUT2D eigenvalue weighted by molar-refractivity contribution is -0.122. The molecule has 1 heterocycles. The van der Waals surface area contributed by atoms with Gasteiger partial charge < -0.3 is 5.32 Å². The summed E-state index contributed by atoms with van der Waals surface area (Å²) in [5, 5.41) is 2.68.